The maximum absolute atomic E-state index is 12.9. The van der Waals surface area contributed by atoms with E-state index in [1.165, 1.54) is 10.4 Å². The van der Waals surface area contributed by atoms with Crippen LogP contribution in [-0.4, -0.2) is 61.3 Å². The molecule has 2 aromatic rings. The molecular weight excluding hydrogens is 400 g/mol. The average molecular weight is 427 g/mol. The van der Waals surface area contributed by atoms with E-state index in [1.807, 2.05) is 31.5 Å². The van der Waals surface area contributed by atoms with Gasteiger partial charge in [0.1, 0.15) is 9.77 Å². The molecule has 3 rings (SSSR count). The van der Waals surface area contributed by atoms with E-state index in [4.69, 9.17) is 4.74 Å². The van der Waals surface area contributed by atoms with Crippen molar-refractivity contribution in [1.82, 2.24) is 19.4 Å². The number of carbonyl (C=O) groups is 1. The largest absolute Gasteiger partial charge is 0.379 e. The highest BCUT2D eigenvalue weighted by atomic mass is 32.2. The summed E-state index contributed by atoms with van der Waals surface area (Å²) in [5.74, 6) is -0.205. The second-order valence-corrected chi connectivity index (χ2v) is 9.88. The molecule has 1 aliphatic rings. The third kappa shape index (κ3) is 4.62. The number of thiophene rings is 1. The molecule has 1 N–H and O–H groups in total. The number of ether oxygens (including phenoxy) is 1. The molecule has 0 aromatic carbocycles. The summed E-state index contributed by atoms with van der Waals surface area (Å²) in [5.41, 5.74) is 2.04. The molecule has 1 fully saturated rings. The summed E-state index contributed by atoms with van der Waals surface area (Å²) >= 11 is 1.14. The number of hydrogen-bond acceptors (Lipinski definition) is 6. The van der Waals surface area contributed by atoms with Gasteiger partial charge in [0.05, 0.1) is 18.9 Å². The lowest BCUT2D eigenvalue weighted by Crippen LogP contribution is -2.41. The van der Waals surface area contributed by atoms with Crippen LogP contribution in [-0.2, 0) is 21.3 Å². The van der Waals surface area contributed by atoms with Gasteiger partial charge in [0.15, 0.2) is 0 Å². The SMILES string of the molecule is Cc1cc(C)n(CC(C)CNC(=O)c2sccc2S(=O)(=O)N2CCOCC2)n1. The van der Waals surface area contributed by atoms with Crippen molar-refractivity contribution in [3.05, 3.63) is 33.8 Å². The van der Waals surface area contributed by atoms with Gasteiger partial charge in [0.25, 0.3) is 5.91 Å². The number of aryl methyl sites for hydroxylation is 2. The van der Waals surface area contributed by atoms with Crippen LogP contribution in [0, 0.1) is 19.8 Å². The van der Waals surface area contributed by atoms with Crippen molar-refractivity contribution < 1.29 is 17.9 Å². The molecule has 1 amide bonds. The topological polar surface area (TPSA) is 93.5 Å². The van der Waals surface area contributed by atoms with Crippen LogP contribution in [0.15, 0.2) is 22.4 Å². The molecular formula is C18H26N4O4S2. The van der Waals surface area contributed by atoms with E-state index in [-0.39, 0.29) is 21.6 Å². The molecule has 8 nitrogen and oxygen atoms in total. The Labute approximate surface area is 169 Å². The highest BCUT2D eigenvalue weighted by Crippen LogP contribution is 2.26. The van der Waals surface area contributed by atoms with Gasteiger partial charge in [-0.25, -0.2) is 8.42 Å². The van der Waals surface area contributed by atoms with Gasteiger partial charge in [-0.15, -0.1) is 11.3 Å². The van der Waals surface area contributed by atoms with Crippen LogP contribution in [0.25, 0.3) is 0 Å². The van der Waals surface area contributed by atoms with E-state index in [0.29, 0.717) is 39.4 Å². The Balaban J connectivity index is 1.64. The standard InChI is InChI=1S/C18H26N4O4S2/c1-13(12-22-15(3)10-14(2)20-22)11-19-18(23)17-16(4-9-27-17)28(24,25)21-5-7-26-8-6-21/h4,9-10,13H,5-8,11-12H2,1-3H3,(H,19,23). The Morgan fingerprint density at radius 3 is 2.71 bits per heavy atom. The molecule has 1 aliphatic heterocycles. The molecule has 154 valence electrons. The van der Waals surface area contributed by atoms with Crippen LogP contribution in [0.5, 0.6) is 0 Å². The minimum atomic E-state index is -3.70. The highest BCUT2D eigenvalue weighted by Gasteiger charge is 2.31. The molecule has 1 saturated heterocycles. The lowest BCUT2D eigenvalue weighted by atomic mass is 10.2. The summed E-state index contributed by atoms with van der Waals surface area (Å²) in [6, 6.07) is 3.52. The van der Waals surface area contributed by atoms with E-state index in [2.05, 4.69) is 10.4 Å². The van der Waals surface area contributed by atoms with E-state index in [0.717, 1.165) is 22.7 Å². The van der Waals surface area contributed by atoms with Gasteiger partial charge in [-0.1, -0.05) is 6.92 Å². The van der Waals surface area contributed by atoms with Gasteiger partial charge < -0.3 is 10.1 Å². The zero-order chi connectivity index (χ0) is 20.3. The first-order chi connectivity index (χ1) is 13.3. The Morgan fingerprint density at radius 2 is 2.07 bits per heavy atom. The predicted molar refractivity (Wildman–Crippen MR) is 107 cm³/mol. The van der Waals surface area contributed by atoms with Crippen molar-refractivity contribution in [2.75, 3.05) is 32.8 Å². The van der Waals surface area contributed by atoms with Gasteiger partial charge in [0.2, 0.25) is 10.0 Å². The molecule has 2 aromatic heterocycles. The molecule has 0 spiro atoms. The molecule has 0 bridgehead atoms. The van der Waals surface area contributed by atoms with Crippen LogP contribution < -0.4 is 5.32 Å². The van der Waals surface area contributed by atoms with Crippen molar-refractivity contribution in [2.45, 2.75) is 32.2 Å². The van der Waals surface area contributed by atoms with Gasteiger partial charge in [-0.05, 0) is 37.3 Å². The number of carbonyl (C=O) groups excluding carboxylic acids is 1. The third-order valence-electron chi connectivity index (χ3n) is 4.62. The summed E-state index contributed by atoms with van der Waals surface area (Å²) in [5, 5.41) is 8.95. The van der Waals surface area contributed by atoms with Crippen LogP contribution in [0.3, 0.4) is 0 Å². The number of hydrogen-bond donors (Lipinski definition) is 1. The first-order valence-electron chi connectivity index (χ1n) is 9.23. The lowest BCUT2D eigenvalue weighted by Gasteiger charge is -2.26. The van der Waals surface area contributed by atoms with Gasteiger partial charge in [-0.2, -0.15) is 9.40 Å². The number of sulfonamides is 1. The number of nitrogens with zero attached hydrogens (tertiary/aromatic N) is 3. The summed E-state index contributed by atoms with van der Waals surface area (Å²) in [7, 11) is -3.70. The summed E-state index contributed by atoms with van der Waals surface area (Å²) < 4.78 is 34.3. The number of amides is 1. The van der Waals surface area contributed by atoms with Gasteiger partial charge in [-0.3, -0.25) is 9.48 Å². The number of morpholine rings is 1. The number of nitrogens with one attached hydrogen (secondary N) is 1. The molecule has 1 atom stereocenters. The highest BCUT2D eigenvalue weighted by molar-refractivity contribution is 7.89. The normalized spacial score (nSPS) is 16.8. The fraction of sp³-hybridized carbons (Fsp3) is 0.556. The van der Waals surface area contributed by atoms with Crippen molar-refractivity contribution in [2.24, 2.45) is 5.92 Å². The molecule has 28 heavy (non-hydrogen) atoms. The Morgan fingerprint density at radius 1 is 1.36 bits per heavy atom. The van der Waals surface area contributed by atoms with Gasteiger partial charge >= 0.3 is 0 Å². The molecule has 0 aliphatic carbocycles. The van der Waals surface area contributed by atoms with Crippen molar-refractivity contribution >= 4 is 27.3 Å². The molecule has 3 heterocycles. The minimum absolute atomic E-state index is 0.0723. The third-order valence-corrected chi connectivity index (χ3v) is 7.61. The molecule has 10 heteroatoms. The summed E-state index contributed by atoms with van der Waals surface area (Å²) in [6.07, 6.45) is 0. The first kappa shape index (κ1) is 21.0. The second kappa shape index (κ2) is 8.73. The van der Waals surface area contributed by atoms with Crippen LogP contribution in [0.4, 0.5) is 0 Å². The molecule has 1 unspecified atom stereocenters. The summed E-state index contributed by atoms with van der Waals surface area (Å²) in [4.78, 5) is 13.0. The van der Waals surface area contributed by atoms with E-state index < -0.39 is 10.0 Å². The lowest BCUT2D eigenvalue weighted by molar-refractivity contribution is 0.0730. The fourth-order valence-electron chi connectivity index (χ4n) is 3.16. The van der Waals surface area contributed by atoms with Crippen molar-refractivity contribution in [3.8, 4) is 0 Å². The first-order valence-corrected chi connectivity index (χ1v) is 11.6. The fourth-order valence-corrected chi connectivity index (χ4v) is 5.88. The van der Waals surface area contributed by atoms with Crippen LogP contribution in [0.1, 0.15) is 28.0 Å². The Hall–Kier alpha value is -1.75. The Kier molecular flexibility index (Phi) is 6.54. The van der Waals surface area contributed by atoms with Crippen molar-refractivity contribution in [3.63, 3.8) is 0 Å². The predicted octanol–water partition coefficient (Wildman–Crippen LogP) is 1.65. The quantitative estimate of drug-likeness (QED) is 0.727. The van der Waals surface area contributed by atoms with Gasteiger partial charge in [0, 0.05) is 31.9 Å². The van der Waals surface area contributed by atoms with Crippen molar-refractivity contribution in [1.29, 1.82) is 0 Å². The second-order valence-electron chi connectivity index (χ2n) is 7.05. The monoisotopic (exact) mass is 426 g/mol. The smallest absolute Gasteiger partial charge is 0.262 e. The van der Waals surface area contributed by atoms with E-state index >= 15 is 0 Å². The van der Waals surface area contributed by atoms with E-state index in [1.54, 1.807) is 5.38 Å². The van der Waals surface area contributed by atoms with E-state index in [9.17, 15) is 13.2 Å². The minimum Gasteiger partial charge on any atom is -0.379 e. The molecule has 0 radical (unpaired) electrons. The molecule has 0 saturated carbocycles. The van der Waals surface area contributed by atoms with Crippen LogP contribution in [0.2, 0.25) is 0 Å². The maximum Gasteiger partial charge on any atom is 0.262 e. The maximum atomic E-state index is 12.9. The summed E-state index contributed by atoms with van der Waals surface area (Å²) in [6.45, 7) is 8.44. The number of aromatic nitrogens is 2. The Bertz CT molecular complexity index is 929. The zero-order valence-electron chi connectivity index (χ0n) is 16.3. The van der Waals surface area contributed by atoms with Crippen LogP contribution >= 0.6 is 11.3 Å². The zero-order valence-corrected chi connectivity index (χ0v) is 18.0. The number of rotatable bonds is 7. The average Bonchev–Trinajstić information content (AvgIpc) is 3.27.